The number of nitrogens with zero attached hydrogens (tertiary/aromatic N) is 2. The van der Waals surface area contributed by atoms with Gasteiger partial charge < -0.3 is 9.80 Å². The fourth-order valence-electron chi connectivity index (χ4n) is 4.12. The Morgan fingerprint density at radius 3 is 2.42 bits per heavy atom. The van der Waals surface area contributed by atoms with Crippen LogP contribution in [0.2, 0.25) is 0 Å². The first-order valence-corrected chi connectivity index (χ1v) is 9.98. The third-order valence-corrected chi connectivity index (χ3v) is 5.67. The summed E-state index contributed by atoms with van der Waals surface area (Å²) in [5.74, 6) is 1.14. The number of amides is 2. The van der Waals surface area contributed by atoms with Crippen molar-refractivity contribution in [1.82, 2.24) is 9.80 Å². The average Bonchev–Trinajstić information content (AvgIpc) is 3.15. The van der Waals surface area contributed by atoms with Gasteiger partial charge in [-0.05, 0) is 43.2 Å². The van der Waals surface area contributed by atoms with Crippen molar-refractivity contribution >= 4 is 17.9 Å². The molecule has 2 amide bonds. The van der Waals surface area contributed by atoms with Crippen molar-refractivity contribution in [1.29, 1.82) is 0 Å². The fourth-order valence-corrected chi connectivity index (χ4v) is 4.12. The minimum absolute atomic E-state index is 0.0453. The van der Waals surface area contributed by atoms with E-state index in [1.807, 2.05) is 41.3 Å². The standard InChI is InChI=1S/C22H30N2O2/c1-2-6-19-11-14-24(17-19)22(26)20-12-15-23(16-13-20)21(25)10-9-18-7-4-3-5-8-18/h3-5,7-10,19-20H,2,6,11-17H2,1H3/b10-9+. The normalized spacial score (nSPS) is 21.5. The van der Waals surface area contributed by atoms with Gasteiger partial charge in [0.1, 0.15) is 0 Å². The van der Waals surface area contributed by atoms with Crippen LogP contribution in [0.4, 0.5) is 0 Å². The van der Waals surface area contributed by atoms with Crippen LogP contribution in [0.15, 0.2) is 36.4 Å². The molecule has 4 heteroatoms. The highest BCUT2D eigenvalue weighted by atomic mass is 16.2. The number of hydrogen-bond donors (Lipinski definition) is 0. The van der Waals surface area contributed by atoms with E-state index in [4.69, 9.17) is 0 Å². The van der Waals surface area contributed by atoms with Crippen LogP contribution in [-0.4, -0.2) is 47.8 Å². The molecule has 2 saturated heterocycles. The van der Waals surface area contributed by atoms with Gasteiger partial charge >= 0.3 is 0 Å². The molecule has 26 heavy (non-hydrogen) atoms. The summed E-state index contributed by atoms with van der Waals surface area (Å²) in [4.78, 5) is 29.0. The largest absolute Gasteiger partial charge is 0.342 e. The third kappa shape index (κ3) is 4.75. The lowest BCUT2D eigenvalue weighted by Crippen LogP contribution is -2.43. The Morgan fingerprint density at radius 2 is 1.73 bits per heavy atom. The van der Waals surface area contributed by atoms with Crippen molar-refractivity contribution < 1.29 is 9.59 Å². The Labute approximate surface area is 156 Å². The minimum Gasteiger partial charge on any atom is -0.342 e. The van der Waals surface area contributed by atoms with Crippen molar-refractivity contribution in [2.45, 2.75) is 39.0 Å². The Balaban J connectivity index is 1.46. The van der Waals surface area contributed by atoms with Gasteiger partial charge in [-0.1, -0.05) is 43.7 Å². The van der Waals surface area contributed by atoms with Crippen molar-refractivity contribution in [3.63, 3.8) is 0 Å². The first kappa shape index (κ1) is 18.7. The number of benzene rings is 1. The number of likely N-dealkylation sites (tertiary alicyclic amines) is 2. The molecule has 3 rings (SSSR count). The van der Waals surface area contributed by atoms with Gasteiger partial charge in [-0.3, -0.25) is 9.59 Å². The molecule has 4 nitrogen and oxygen atoms in total. The molecule has 2 fully saturated rings. The minimum atomic E-state index is 0.0453. The van der Waals surface area contributed by atoms with Crippen molar-refractivity contribution in [3.05, 3.63) is 42.0 Å². The summed E-state index contributed by atoms with van der Waals surface area (Å²) in [7, 11) is 0. The van der Waals surface area contributed by atoms with Gasteiger partial charge in [-0.25, -0.2) is 0 Å². The molecule has 0 aliphatic carbocycles. The molecule has 0 N–H and O–H groups in total. The first-order valence-electron chi connectivity index (χ1n) is 9.98. The highest BCUT2D eigenvalue weighted by Gasteiger charge is 2.33. The topological polar surface area (TPSA) is 40.6 Å². The van der Waals surface area contributed by atoms with Gasteiger partial charge in [0.05, 0.1) is 0 Å². The van der Waals surface area contributed by atoms with Gasteiger partial charge in [0.2, 0.25) is 11.8 Å². The number of carbonyl (C=O) groups excluding carboxylic acids is 2. The zero-order chi connectivity index (χ0) is 18.4. The molecule has 1 aromatic rings. The van der Waals surface area contributed by atoms with E-state index in [0.29, 0.717) is 24.9 Å². The molecule has 1 aromatic carbocycles. The van der Waals surface area contributed by atoms with Crippen molar-refractivity contribution in [3.8, 4) is 0 Å². The number of rotatable bonds is 5. The zero-order valence-corrected chi connectivity index (χ0v) is 15.8. The van der Waals surface area contributed by atoms with Gasteiger partial charge in [0, 0.05) is 38.2 Å². The van der Waals surface area contributed by atoms with Crippen LogP contribution >= 0.6 is 0 Å². The lowest BCUT2D eigenvalue weighted by Gasteiger charge is -2.32. The first-order chi connectivity index (χ1) is 12.7. The number of carbonyl (C=O) groups is 2. The molecular weight excluding hydrogens is 324 g/mol. The maximum absolute atomic E-state index is 12.7. The van der Waals surface area contributed by atoms with E-state index in [1.54, 1.807) is 6.08 Å². The van der Waals surface area contributed by atoms with E-state index in [9.17, 15) is 9.59 Å². The highest BCUT2D eigenvalue weighted by Crippen LogP contribution is 2.26. The quantitative estimate of drug-likeness (QED) is 0.758. The lowest BCUT2D eigenvalue weighted by atomic mass is 9.95. The van der Waals surface area contributed by atoms with E-state index in [2.05, 4.69) is 11.8 Å². The van der Waals surface area contributed by atoms with E-state index in [0.717, 1.165) is 37.9 Å². The summed E-state index contributed by atoms with van der Waals surface area (Å²) in [5, 5.41) is 0. The van der Waals surface area contributed by atoms with Crippen LogP contribution in [0.25, 0.3) is 6.08 Å². The summed E-state index contributed by atoms with van der Waals surface area (Å²) < 4.78 is 0. The highest BCUT2D eigenvalue weighted by molar-refractivity contribution is 5.92. The van der Waals surface area contributed by atoms with E-state index < -0.39 is 0 Å². The van der Waals surface area contributed by atoms with Gasteiger partial charge in [-0.2, -0.15) is 0 Å². The molecule has 0 spiro atoms. The SMILES string of the molecule is CCCC1CCN(C(=O)C2CCN(C(=O)/C=C/c3ccccc3)CC2)C1. The summed E-state index contributed by atoms with van der Waals surface area (Å²) in [6.07, 6.45) is 8.66. The third-order valence-electron chi connectivity index (χ3n) is 5.67. The molecule has 1 atom stereocenters. The van der Waals surface area contributed by atoms with Crippen LogP contribution in [0.3, 0.4) is 0 Å². The number of piperidine rings is 1. The predicted molar refractivity (Wildman–Crippen MR) is 104 cm³/mol. The molecule has 140 valence electrons. The summed E-state index contributed by atoms with van der Waals surface area (Å²) in [6.45, 7) is 5.43. The second-order valence-corrected chi connectivity index (χ2v) is 7.57. The molecule has 0 radical (unpaired) electrons. The molecule has 2 aliphatic rings. The van der Waals surface area contributed by atoms with Crippen LogP contribution in [-0.2, 0) is 9.59 Å². The summed E-state index contributed by atoms with van der Waals surface area (Å²) in [6, 6.07) is 9.86. The summed E-state index contributed by atoms with van der Waals surface area (Å²) in [5.41, 5.74) is 1.03. The second-order valence-electron chi connectivity index (χ2n) is 7.57. The van der Waals surface area contributed by atoms with E-state index in [-0.39, 0.29) is 11.8 Å². The summed E-state index contributed by atoms with van der Waals surface area (Å²) >= 11 is 0. The molecule has 0 saturated carbocycles. The van der Waals surface area contributed by atoms with Crippen LogP contribution in [0.5, 0.6) is 0 Å². The smallest absolute Gasteiger partial charge is 0.246 e. The maximum atomic E-state index is 12.7. The van der Waals surface area contributed by atoms with Crippen LogP contribution in [0, 0.1) is 11.8 Å². The van der Waals surface area contributed by atoms with Crippen LogP contribution in [0.1, 0.15) is 44.6 Å². The van der Waals surface area contributed by atoms with Gasteiger partial charge in [0.25, 0.3) is 0 Å². The van der Waals surface area contributed by atoms with Crippen molar-refractivity contribution in [2.75, 3.05) is 26.2 Å². The van der Waals surface area contributed by atoms with Crippen LogP contribution < -0.4 is 0 Å². The second kappa shape index (κ2) is 9.02. The van der Waals surface area contributed by atoms with E-state index in [1.165, 1.54) is 12.8 Å². The fraction of sp³-hybridized carbons (Fsp3) is 0.545. The lowest BCUT2D eigenvalue weighted by molar-refractivity contribution is -0.138. The Morgan fingerprint density at radius 1 is 1.04 bits per heavy atom. The molecule has 2 aliphatic heterocycles. The average molecular weight is 354 g/mol. The Kier molecular flexibility index (Phi) is 6.48. The van der Waals surface area contributed by atoms with E-state index >= 15 is 0 Å². The monoisotopic (exact) mass is 354 g/mol. The van der Waals surface area contributed by atoms with Gasteiger partial charge in [0.15, 0.2) is 0 Å². The molecule has 0 aromatic heterocycles. The van der Waals surface area contributed by atoms with Gasteiger partial charge in [-0.15, -0.1) is 0 Å². The number of hydrogen-bond acceptors (Lipinski definition) is 2. The Bertz CT molecular complexity index is 633. The Hall–Kier alpha value is -2.10. The maximum Gasteiger partial charge on any atom is 0.246 e. The zero-order valence-electron chi connectivity index (χ0n) is 15.8. The van der Waals surface area contributed by atoms with Crippen molar-refractivity contribution in [2.24, 2.45) is 11.8 Å². The molecule has 0 bridgehead atoms. The predicted octanol–water partition coefficient (Wildman–Crippen LogP) is 3.59. The molecule has 1 unspecified atom stereocenters. The molecule has 2 heterocycles. The molecular formula is C22H30N2O2.